The summed E-state index contributed by atoms with van der Waals surface area (Å²) in [5.74, 6) is 0.0484. The Morgan fingerprint density at radius 2 is 2.25 bits per heavy atom. The number of rotatable bonds is 3. The van der Waals surface area contributed by atoms with Crippen LogP contribution in [0.25, 0.3) is 0 Å². The second-order valence-electron chi connectivity index (χ2n) is 3.20. The minimum atomic E-state index is 0.0484. The van der Waals surface area contributed by atoms with Crippen LogP contribution in [0.1, 0.15) is 15.2 Å². The van der Waals surface area contributed by atoms with Crippen molar-refractivity contribution in [2.24, 2.45) is 0 Å². The molecule has 0 amide bonds. The quantitative estimate of drug-likeness (QED) is 0.802. The SMILES string of the molecule is O=C(Cc1ccc(Cl)s1)c1cncc(Br)c1. The second kappa shape index (κ2) is 5.08. The Bertz CT molecular complexity index is 526. The Morgan fingerprint density at radius 1 is 1.44 bits per heavy atom. The molecule has 0 saturated carbocycles. The maximum atomic E-state index is 11.9. The van der Waals surface area contributed by atoms with Crippen molar-refractivity contribution in [2.75, 3.05) is 0 Å². The van der Waals surface area contributed by atoms with Gasteiger partial charge in [0, 0.05) is 33.7 Å². The van der Waals surface area contributed by atoms with E-state index >= 15 is 0 Å². The van der Waals surface area contributed by atoms with E-state index in [9.17, 15) is 4.79 Å². The normalized spacial score (nSPS) is 10.4. The summed E-state index contributed by atoms with van der Waals surface area (Å²) < 4.78 is 1.51. The molecule has 0 aromatic carbocycles. The predicted octanol–water partition coefficient (Wildman–Crippen LogP) is 3.98. The Kier molecular flexibility index (Phi) is 3.74. The molecule has 16 heavy (non-hydrogen) atoms. The third-order valence-electron chi connectivity index (χ3n) is 1.99. The molecule has 0 saturated heterocycles. The minimum absolute atomic E-state index is 0.0484. The van der Waals surface area contributed by atoms with E-state index in [1.807, 2.05) is 6.07 Å². The van der Waals surface area contributed by atoms with Gasteiger partial charge in [-0.15, -0.1) is 11.3 Å². The fraction of sp³-hybridized carbons (Fsp3) is 0.0909. The monoisotopic (exact) mass is 315 g/mol. The van der Waals surface area contributed by atoms with E-state index in [2.05, 4.69) is 20.9 Å². The first-order valence-corrected chi connectivity index (χ1v) is 6.52. The molecule has 2 aromatic rings. The van der Waals surface area contributed by atoms with Crippen molar-refractivity contribution < 1.29 is 4.79 Å². The number of halogens is 2. The van der Waals surface area contributed by atoms with E-state index in [0.717, 1.165) is 9.35 Å². The van der Waals surface area contributed by atoms with Crippen LogP contribution < -0.4 is 0 Å². The molecule has 0 atom stereocenters. The van der Waals surface area contributed by atoms with Crippen molar-refractivity contribution in [3.8, 4) is 0 Å². The lowest BCUT2D eigenvalue weighted by molar-refractivity contribution is 0.0993. The van der Waals surface area contributed by atoms with Gasteiger partial charge in [-0.25, -0.2) is 0 Å². The van der Waals surface area contributed by atoms with Gasteiger partial charge in [-0.3, -0.25) is 9.78 Å². The smallest absolute Gasteiger partial charge is 0.169 e. The van der Waals surface area contributed by atoms with E-state index < -0.39 is 0 Å². The average Bonchev–Trinajstić information content (AvgIpc) is 2.64. The third kappa shape index (κ3) is 2.90. The highest BCUT2D eigenvalue weighted by atomic mass is 79.9. The lowest BCUT2D eigenvalue weighted by Gasteiger charge is -1.99. The van der Waals surface area contributed by atoms with E-state index in [1.165, 1.54) is 11.3 Å². The number of pyridine rings is 1. The van der Waals surface area contributed by atoms with Crippen LogP contribution in [0.3, 0.4) is 0 Å². The maximum absolute atomic E-state index is 11.9. The van der Waals surface area contributed by atoms with Crippen LogP contribution in [0.2, 0.25) is 4.34 Å². The van der Waals surface area contributed by atoms with Gasteiger partial charge in [-0.1, -0.05) is 11.6 Å². The van der Waals surface area contributed by atoms with Gasteiger partial charge < -0.3 is 0 Å². The number of hydrogen-bond acceptors (Lipinski definition) is 3. The van der Waals surface area contributed by atoms with E-state index in [4.69, 9.17) is 11.6 Å². The largest absolute Gasteiger partial charge is 0.294 e. The Morgan fingerprint density at radius 3 is 2.88 bits per heavy atom. The van der Waals surface area contributed by atoms with Crippen molar-refractivity contribution in [3.63, 3.8) is 0 Å². The van der Waals surface area contributed by atoms with Gasteiger partial charge in [0.15, 0.2) is 5.78 Å². The fourth-order valence-corrected chi connectivity index (χ4v) is 2.72. The highest BCUT2D eigenvalue weighted by Crippen LogP contribution is 2.23. The first kappa shape index (κ1) is 11.8. The van der Waals surface area contributed by atoms with Crippen LogP contribution in [0.5, 0.6) is 0 Å². The lowest BCUT2D eigenvalue weighted by atomic mass is 10.1. The number of thiophene rings is 1. The number of carbonyl (C=O) groups excluding carboxylic acids is 1. The molecule has 0 spiro atoms. The zero-order valence-electron chi connectivity index (χ0n) is 8.11. The highest BCUT2D eigenvalue weighted by molar-refractivity contribution is 9.10. The van der Waals surface area contributed by atoms with Crippen LogP contribution in [0.4, 0.5) is 0 Å². The molecule has 0 aliphatic heterocycles. The number of hydrogen-bond donors (Lipinski definition) is 0. The van der Waals surface area contributed by atoms with Crippen molar-refractivity contribution >= 4 is 44.7 Å². The molecule has 0 radical (unpaired) electrons. The Labute approximate surface area is 110 Å². The molecule has 82 valence electrons. The average molecular weight is 317 g/mol. The molecule has 0 unspecified atom stereocenters. The highest BCUT2D eigenvalue weighted by Gasteiger charge is 2.09. The van der Waals surface area contributed by atoms with E-state index in [0.29, 0.717) is 16.3 Å². The molecule has 0 bridgehead atoms. The maximum Gasteiger partial charge on any atom is 0.169 e. The molecule has 2 heterocycles. The fourth-order valence-electron chi connectivity index (χ4n) is 1.27. The summed E-state index contributed by atoms with van der Waals surface area (Å²) in [7, 11) is 0. The summed E-state index contributed by atoms with van der Waals surface area (Å²) >= 11 is 10.5. The van der Waals surface area contributed by atoms with Gasteiger partial charge in [0.1, 0.15) is 0 Å². The number of ketones is 1. The predicted molar refractivity (Wildman–Crippen MR) is 69.3 cm³/mol. The van der Waals surface area contributed by atoms with Gasteiger partial charge in [0.2, 0.25) is 0 Å². The first-order valence-electron chi connectivity index (χ1n) is 4.53. The van der Waals surface area contributed by atoms with Gasteiger partial charge >= 0.3 is 0 Å². The van der Waals surface area contributed by atoms with Crippen molar-refractivity contribution in [3.05, 3.63) is 49.8 Å². The topological polar surface area (TPSA) is 30.0 Å². The molecule has 2 nitrogen and oxygen atoms in total. The van der Waals surface area contributed by atoms with Crippen LogP contribution in [0, 0.1) is 0 Å². The van der Waals surface area contributed by atoms with Gasteiger partial charge in [0.05, 0.1) is 4.34 Å². The van der Waals surface area contributed by atoms with Gasteiger partial charge in [0.25, 0.3) is 0 Å². The Balaban J connectivity index is 2.14. The molecular formula is C11H7BrClNOS. The summed E-state index contributed by atoms with van der Waals surface area (Å²) in [5.41, 5.74) is 0.610. The second-order valence-corrected chi connectivity index (χ2v) is 5.91. The number of Topliss-reactive ketones (excluding diaryl/α,β-unsaturated/α-hetero) is 1. The number of nitrogens with zero attached hydrogens (tertiary/aromatic N) is 1. The molecule has 5 heteroatoms. The standard InChI is InChI=1S/C11H7BrClNOS/c12-8-3-7(5-14-6-8)10(15)4-9-1-2-11(13)16-9/h1-3,5-6H,4H2. The van der Waals surface area contributed by atoms with Crippen molar-refractivity contribution in [1.82, 2.24) is 4.98 Å². The summed E-state index contributed by atoms with van der Waals surface area (Å²) in [5, 5.41) is 0. The third-order valence-corrected chi connectivity index (χ3v) is 3.66. The Hall–Kier alpha value is -0.710. The van der Waals surface area contributed by atoms with E-state index in [1.54, 1.807) is 24.5 Å². The summed E-state index contributed by atoms with van der Waals surface area (Å²) in [4.78, 5) is 16.8. The molecular weight excluding hydrogens is 310 g/mol. The van der Waals surface area contributed by atoms with Crippen molar-refractivity contribution in [2.45, 2.75) is 6.42 Å². The summed E-state index contributed by atoms with van der Waals surface area (Å²) in [6.07, 6.45) is 3.59. The lowest BCUT2D eigenvalue weighted by Crippen LogP contribution is -2.02. The van der Waals surface area contributed by atoms with Gasteiger partial charge in [-0.2, -0.15) is 0 Å². The first-order chi connectivity index (χ1) is 7.65. The molecule has 2 aromatic heterocycles. The summed E-state index contributed by atoms with van der Waals surface area (Å²) in [6, 6.07) is 5.44. The minimum Gasteiger partial charge on any atom is -0.294 e. The van der Waals surface area contributed by atoms with E-state index in [-0.39, 0.29) is 5.78 Å². The molecule has 0 aliphatic rings. The zero-order valence-corrected chi connectivity index (χ0v) is 11.3. The van der Waals surface area contributed by atoms with Crippen LogP contribution in [0.15, 0.2) is 35.1 Å². The summed E-state index contributed by atoms with van der Waals surface area (Å²) in [6.45, 7) is 0. The molecule has 0 aliphatic carbocycles. The number of carbonyl (C=O) groups is 1. The van der Waals surface area contributed by atoms with Gasteiger partial charge in [-0.05, 0) is 34.1 Å². The van der Waals surface area contributed by atoms with Crippen LogP contribution in [-0.4, -0.2) is 10.8 Å². The molecule has 0 N–H and O–H groups in total. The molecule has 2 rings (SSSR count). The zero-order chi connectivity index (χ0) is 11.5. The number of aromatic nitrogens is 1. The van der Waals surface area contributed by atoms with Crippen LogP contribution in [-0.2, 0) is 6.42 Å². The van der Waals surface area contributed by atoms with Crippen LogP contribution >= 0.6 is 38.9 Å². The molecule has 0 fully saturated rings. The van der Waals surface area contributed by atoms with Crippen molar-refractivity contribution in [1.29, 1.82) is 0 Å².